The summed E-state index contributed by atoms with van der Waals surface area (Å²) in [6.45, 7) is 2.39. The SMILES string of the molecule is CCOc1ccc(-n2c(=O)[nH]c3c(C(N)=O)nc(-c4cc(OC)c(OC)c(OC)c4)nc32)cc1. The number of fused-ring (bicyclic) bond motifs is 1. The average molecular weight is 465 g/mol. The molecule has 4 rings (SSSR count). The largest absolute Gasteiger partial charge is 0.494 e. The number of hydrogen-bond acceptors (Lipinski definition) is 8. The molecule has 176 valence electrons. The van der Waals surface area contributed by atoms with E-state index in [4.69, 9.17) is 24.7 Å². The second-order valence-corrected chi connectivity index (χ2v) is 7.07. The first-order valence-corrected chi connectivity index (χ1v) is 10.3. The summed E-state index contributed by atoms with van der Waals surface area (Å²) in [4.78, 5) is 36.6. The molecule has 2 aromatic heterocycles. The Kier molecular flexibility index (Phi) is 6.09. The molecule has 4 aromatic rings. The van der Waals surface area contributed by atoms with Gasteiger partial charge in [0, 0.05) is 5.56 Å². The molecule has 0 aliphatic rings. The molecular formula is C23H23N5O6. The van der Waals surface area contributed by atoms with Gasteiger partial charge in [0.1, 0.15) is 11.3 Å². The number of primary amides is 1. The molecule has 0 unspecified atom stereocenters. The Morgan fingerprint density at radius 2 is 1.68 bits per heavy atom. The van der Waals surface area contributed by atoms with E-state index in [0.717, 1.165) is 0 Å². The number of nitrogens with one attached hydrogen (secondary N) is 1. The lowest BCUT2D eigenvalue weighted by molar-refractivity contribution is 0.0997. The molecule has 0 spiro atoms. The Hall–Kier alpha value is -4.54. The topological polar surface area (TPSA) is 144 Å². The van der Waals surface area contributed by atoms with E-state index in [9.17, 15) is 9.59 Å². The van der Waals surface area contributed by atoms with Crippen LogP contribution < -0.4 is 30.4 Å². The number of benzene rings is 2. The highest BCUT2D eigenvalue weighted by atomic mass is 16.5. The van der Waals surface area contributed by atoms with E-state index in [-0.39, 0.29) is 22.7 Å². The molecule has 2 aromatic carbocycles. The highest BCUT2D eigenvalue weighted by molar-refractivity contribution is 6.02. The predicted octanol–water partition coefficient (Wildman–Crippen LogP) is 2.30. The quantitative estimate of drug-likeness (QED) is 0.403. The van der Waals surface area contributed by atoms with Crippen molar-refractivity contribution in [2.75, 3.05) is 27.9 Å². The number of aromatic amines is 1. The van der Waals surface area contributed by atoms with Crippen LogP contribution in [0.15, 0.2) is 41.2 Å². The van der Waals surface area contributed by atoms with Crippen molar-refractivity contribution in [2.24, 2.45) is 5.73 Å². The molecule has 0 atom stereocenters. The maximum Gasteiger partial charge on any atom is 0.332 e. The summed E-state index contributed by atoms with van der Waals surface area (Å²) >= 11 is 0. The van der Waals surface area contributed by atoms with E-state index in [2.05, 4.69) is 15.0 Å². The average Bonchev–Trinajstić information content (AvgIpc) is 3.18. The monoisotopic (exact) mass is 465 g/mol. The van der Waals surface area contributed by atoms with Gasteiger partial charge in [-0.1, -0.05) is 0 Å². The Labute approximate surface area is 194 Å². The lowest BCUT2D eigenvalue weighted by atomic mass is 10.1. The van der Waals surface area contributed by atoms with Gasteiger partial charge in [0.2, 0.25) is 5.75 Å². The van der Waals surface area contributed by atoms with Gasteiger partial charge in [-0.2, -0.15) is 0 Å². The Morgan fingerprint density at radius 3 is 2.21 bits per heavy atom. The number of rotatable bonds is 8. The van der Waals surface area contributed by atoms with Gasteiger partial charge in [0.25, 0.3) is 5.91 Å². The summed E-state index contributed by atoms with van der Waals surface area (Å²) in [5, 5.41) is 0. The third kappa shape index (κ3) is 3.87. The first-order chi connectivity index (χ1) is 16.4. The van der Waals surface area contributed by atoms with E-state index >= 15 is 0 Å². The van der Waals surface area contributed by atoms with Crippen LogP contribution in [-0.4, -0.2) is 53.4 Å². The minimum atomic E-state index is -0.818. The molecule has 0 saturated heterocycles. The zero-order valence-corrected chi connectivity index (χ0v) is 19.0. The van der Waals surface area contributed by atoms with Gasteiger partial charge >= 0.3 is 5.69 Å². The van der Waals surface area contributed by atoms with Gasteiger partial charge < -0.3 is 29.7 Å². The maximum atomic E-state index is 12.9. The summed E-state index contributed by atoms with van der Waals surface area (Å²) in [6, 6.07) is 10.2. The van der Waals surface area contributed by atoms with Crippen LogP contribution in [0, 0.1) is 0 Å². The molecule has 11 heteroatoms. The van der Waals surface area contributed by atoms with Crippen LogP contribution in [0.2, 0.25) is 0 Å². The van der Waals surface area contributed by atoms with Crippen molar-refractivity contribution in [3.63, 3.8) is 0 Å². The molecule has 0 saturated carbocycles. The van der Waals surface area contributed by atoms with Crippen molar-refractivity contribution in [3.05, 3.63) is 52.6 Å². The standard InChI is InChI=1S/C23H23N5O6/c1-5-34-14-8-6-13(7-9-14)28-22-18(26-23(28)30)17(20(24)29)25-21(27-22)12-10-15(31-2)19(33-4)16(11-12)32-3/h6-11H,5H2,1-4H3,(H2,24,29)(H,26,30). The Morgan fingerprint density at radius 1 is 1.03 bits per heavy atom. The zero-order valence-electron chi connectivity index (χ0n) is 19.0. The maximum absolute atomic E-state index is 12.9. The lowest BCUT2D eigenvalue weighted by Crippen LogP contribution is -2.15. The minimum Gasteiger partial charge on any atom is -0.494 e. The number of carbonyl (C=O) groups excluding carboxylic acids is 1. The van der Waals surface area contributed by atoms with Crippen LogP contribution in [0.1, 0.15) is 17.4 Å². The second kappa shape index (κ2) is 9.14. The first kappa shape index (κ1) is 22.6. The Bertz CT molecular complexity index is 1400. The van der Waals surface area contributed by atoms with Crippen molar-refractivity contribution in [1.82, 2.24) is 19.5 Å². The summed E-state index contributed by atoms with van der Waals surface area (Å²) in [6.07, 6.45) is 0. The van der Waals surface area contributed by atoms with Crippen molar-refractivity contribution in [1.29, 1.82) is 0 Å². The van der Waals surface area contributed by atoms with Gasteiger partial charge in [0.05, 0.1) is 33.6 Å². The molecule has 0 radical (unpaired) electrons. The van der Waals surface area contributed by atoms with Crippen LogP contribution in [-0.2, 0) is 0 Å². The number of carbonyl (C=O) groups is 1. The summed E-state index contributed by atoms with van der Waals surface area (Å²) in [5.41, 5.74) is 6.25. The summed E-state index contributed by atoms with van der Waals surface area (Å²) in [5.74, 6) is 1.11. The number of hydrogen-bond donors (Lipinski definition) is 2. The normalized spacial score (nSPS) is 10.8. The molecule has 0 aliphatic heterocycles. The second-order valence-electron chi connectivity index (χ2n) is 7.07. The molecule has 34 heavy (non-hydrogen) atoms. The summed E-state index contributed by atoms with van der Waals surface area (Å²) in [7, 11) is 4.45. The fraction of sp³-hybridized carbons (Fsp3) is 0.217. The molecule has 0 fully saturated rings. The first-order valence-electron chi connectivity index (χ1n) is 10.3. The number of nitrogens with two attached hydrogens (primary N) is 1. The highest BCUT2D eigenvalue weighted by Crippen LogP contribution is 2.40. The number of ether oxygens (including phenoxy) is 4. The van der Waals surface area contributed by atoms with Crippen molar-refractivity contribution in [3.8, 4) is 40.1 Å². The number of methoxy groups -OCH3 is 3. The summed E-state index contributed by atoms with van der Waals surface area (Å²) < 4.78 is 23.0. The highest BCUT2D eigenvalue weighted by Gasteiger charge is 2.22. The smallest absolute Gasteiger partial charge is 0.332 e. The van der Waals surface area contributed by atoms with Gasteiger partial charge in [0.15, 0.2) is 28.7 Å². The fourth-order valence-corrected chi connectivity index (χ4v) is 3.60. The van der Waals surface area contributed by atoms with E-state index in [1.165, 1.54) is 25.9 Å². The number of imidazole rings is 1. The molecule has 1 amide bonds. The van der Waals surface area contributed by atoms with E-state index < -0.39 is 11.6 Å². The molecule has 0 aliphatic carbocycles. The lowest BCUT2D eigenvalue weighted by Gasteiger charge is -2.14. The van der Waals surface area contributed by atoms with Crippen LogP contribution in [0.3, 0.4) is 0 Å². The minimum absolute atomic E-state index is 0.127. The third-order valence-electron chi connectivity index (χ3n) is 5.10. The van der Waals surface area contributed by atoms with Crippen molar-refractivity contribution in [2.45, 2.75) is 6.92 Å². The van der Waals surface area contributed by atoms with Gasteiger partial charge in [-0.3, -0.25) is 4.79 Å². The van der Waals surface area contributed by atoms with E-state index in [0.29, 0.717) is 40.9 Å². The van der Waals surface area contributed by atoms with Crippen LogP contribution in [0.5, 0.6) is 23.0 Å². The molecule has 3 N–H and O–H groups in total. The third-order valence-corrected chi connectivity index (χ3v) is 5.10. The molecule has 11 nitrogen and oxygen atoms in total. The molecule has 0 bridgehead atoms. The fourth-order valence-electron chi connectivity index (χ4n) is 3.60. The van der Waals surface area contributed by atoms with Crippen molar-refractivity contribution < 1.29 is 23.7 Å². The number of nitrogens with zero attached hydrogens (tertiary/aromatic N) is 3. The van der Waals surface area contributed by atoms with E-state index in [1.54, 1.807) is 36.4 Å². The number of aromatic nitrogens is 4. The Balaban J connectivity index is 1.98. The van der Waals surface area contributed by atoms with Crippen molar-refractivity contribution >= 4 is 17.1 Å². The van der Waals surface area contributed by atoms with Gasteiger partial charge in [-0.25, -0.2) is 19.3 Å². The van der Waals surface area contributed by atoms with Gasteiger partial charge in [-0.15, -0.1) is 0 Å². The molecule has 2 heterocycles. The van der Waals surface area contributed by atoms with Crippen LogP contribution >= 0.6 is 0 Å². The molecular weight excluding hydrogens is 442 g/mol. The number of amides is 1. The zero-order chi connectivity index (χ0) is 24.4. The van der Waals surface area contributed by atoms with Crippen LogP contribution in [0.25, 0.3) is 28.2 Å². The predicted molar refractivity (Wildman–Crippen MR) is 124 cm³/mol. The van der Waals surface area contributed by atoms with Gasteiger partial charge in [-0.05, 0) is 43.3 Å². The van der Waals surface area contributed by atoms with E-state index in [1.807, 2.05) is 6.92 Å². The number of H-pyrrole nitrogens is 1. The van der Waals surface area contributed by atoms with Crippen LogP contribution in [0.4, 0.5) is 0 Å².